The molecule has 0 aromatic heterocycles. The molecule has 0 aliphatic rings. The first-order valence-electron chi connectivity index (χ1n) is 6.65. The van der Waals surface area contributed by atoms with Gasteiger partial charge in [-0.05, 0) is 35.4 Å². The maximum Gasteiger partial charge on any atom is 0.211 e. The minimum absolute atomic E-state index is 0.0818. The van der Waals surface area contributed by atoms with Crippen LogP contribution in [0.3, 0.4) is 0 Å². The van der Waals surface area contributed by atoms with Gasteiger partial charge in [-0.15, -0.1) is 5.10 Å². The second kappa shape index (κ2) is 7.68. The summed E-state index contributed by atoms with van der Waals surface area (Å²) in [4.78, 5) is 0. The quantitative estimate of drug-likeness (QED) is 0.483. The Kier molecular flexibility index (Phi) is 5.37. The zero-order chi connectivity index (χ0) is 15.8. The van der Waals surface area contributed by atoms with Crippen LogP contribution < -0.4 is 20.9 Å². The summed E-state index contributed by atoms with van der Waals surface area (Å²) in [6.45, 7) is 0.450. The van der Waals surface area contributed by atoms with Crippen molar-refractivity contribution >= 4 is 12.2 Å². The second-order valence-corrected chi connectivity index (χ2v) is 4.48. The lowest BCUT2D eigenvalue weighted by Crippen LogP contribution is -2.21. The molecule has 114 valence electrons. The van der Waals surface area contributed by atoms with E-state index in [1.165, 1.54) is 0 Å². The molecule has 6 heteroatoms. The van der Waals surface area contributed by atoms with Crippen molar-refractivity contribution in [3.63, 3.8) is 0 Å². The highest BCUT2D eigenvalue weighted by molar-refractivity contribution is 5.81. The number of methoxy groups -OCH3 is 1. The average molecular weight is 298 g/mol. The van der Waals surface area contributed by atoms with Crippen LogP contribution in [0.5, 0.6) is 11.5 Å². The number of nitrogens with two attached hydrogens (primary N) is 2. The fourth-order valence-electron chi connectivity index (χ4n) is 1.78. The van der Waals surface area contributed by atoms with E-state index in [0.717, 1.165) is 22.6 Å². The minimum atomic E-state index is -0.0818. The fraction of sp³-hybridized carbons (Fsp3) is 0.125. The molecule has 0 atom stereocenters. The van der Waals surface area contributed by atoms with Crippen LogP contribution >= 0.6 is 0 Å². The third kappa shape index (κ3) is 4.82. The van der Waals surface area contributed by atoms with E-state index in [0.29, 0.717) is 6.61 Å². The molecule has 2 rings (SSSR count). The summed E-state index contributed by atoms with van der Waals surface area (Å²) in [5.74, 6) is 1.46. The monoisotopic (exact) mass is 298 g/mol. The molecule has 2 aromatic carbocycles. The van der Waals surface area contributed by atoms with Crippen LogP contribution in [0.2, 0.25) is 0 Å². The first kappa shape index (κ1) is 15.4. The zero-order valence-corrected chi connectivity index (χ0v) is 12.3. The van der Waals surface area contributed by atoms with E-state index in [-0.39, 0.29) is 5.96 Å². The van der Waals surface area contributed by atoms with E-state index < -0.39 is 0 Å². The van der Waals surface area contributed by atoms with Crippen LogP contribution in [-0.4, -0.2) is 19.3 Å². The van der Waals surface area contributed by atoms with Crippen molar-refractivity contribution in [1.82, 2.24) is 0 Å². The van der Waals surface area contributed by atoms with E-state index >= 15 is 0 Å². The smallest absolute Gasteiger partial charge is 0.211 e. The highest BCUT2D eigenvalue weighted by Gasteiger charge is 1.99. The molecule has 0 heterocycles. The lowest BCUT2D eigenvalue weighted by atomic mass is 10.2. The zero-order valence-electron chi connectivity index (χ0n) is 12.3. The molecule has 0 bridgehead atoms. The Bertz CT molecular complexity index is 679. The van der Waals surface area contributed by atoms with E-state index in [1.807, 2.05) is 48.5 Å². The molecule has 0 radical (unpaired) electrons. The molecule has 0 saturated heterocycles. The van der Waals surface area contributed by atoms with Crippen LogP contribution in [0.25, 0.3) is 0 Å². The number of guanidine groups is 1. The first-order valence-corrected chi connectivity index (χ1v) is 6.65. The molecule has 0 spiro atoms. The summed E-state index contributed by atoms with van der Waals surface area (Å²) in [5, 5.41) is 7.31. The number of hydrogen-bond donors (Lipinski definition) is 2. The lowest BCUT2D eigenvalue weighted by molar-refractivity contribution is 0.305. The fourth-order valence-corrected chi connectivity index (χ4v) is 1.78. The van der Waals surface area contributed by atoms with Gasteiger partial charge in [0.25, 0.3) is 0 Å². The molecule has 0 unspecified atom stereocenters. The average Bonchev–Trinajstić information content (AvgIpc) is 2.53. The van der Waals surface area contributed by atoms with Crippen LogP contribution in [0.1, 0.15) is 11.1 Å². The lowest BCUT2D eigenvalue weighted by Gasteiger charge is -2.08. The van der Waals surface area contributed by atoms with Gasteiger partial charge in [-0.1, -0.05) is 24.3 Å². The van der Waals surface area contributed by atoms with Gasteiger partial charge >= 0.3 is 0 Å². The number of rotatable bonds is 6. The third-order valence-electron chi connectivity index (χ3n) is 2.78. The summed E-state index contributed by atoms with van der Waals surface area (Å²) >= 11 is 0. The maximum absolute atomic E-state index is 5.76. The summed E-state index contributed by atoms with van der Waals surface area (Å²) in [6, 6.07) is 15.2. The van der Waals surface area contributed by atoms with Gasteiger partial charge in [0.1, 0.15) is 18.1 Å². The summed E-state index contributed by atoms with van der Waals surface area (Å²) < 4.78 is 10.9. The summed E-state index contributed by atoms with van der Waals surface area (Å²) in [7, 11) is 1.64. The highest BCUT2D eigenvalue weighted by Crippen LogP contribution is 2.17. The van der Waals surface area contributed by atoms with Gasteiger partial charge in [-0.2, -0.15) is 5.10 Å². The Balaban J connectivity index is 2.01. The van der Waals surface area contributed by atoms with Gasteiger partial charge in [-0.3, -0.25) is 0 Å². The predicted octanol–water partition coefficient (Wildman–Crippen LogP) is 1.88. The van der Waals surface area contributed by atoms with Gasteiger partial charge in [0.15, 0.2) is 0 Å². The van der Waals surface area contributed by atoms with E-state index in [2.05, 4.69) is 10.2 Å². The molecule has 6 nitrogen and oxygen atoms in total. The standard InChI is InChI=1S/C16H18N4O2/c1-21-14-6-3-5-13(9-14)11-22-15-7-2-4-12(8-15)10-19-20-16(17)18/h2-10H,11H2,1H3,(H4,17,18,20). The summed E-state index contributed by atoms with van der Waals surface area (Å²) in [5.41, 5.74) is 12.3. The highest BCUT2D eigenvalue weighted by atomic mass is 16.5. The van der Waals surface area contributed by atoms with Gasteiger partial charge in [0.2, 0.25) is 5.96 Å². The first-order chi connectivity index (χ1) is 10.7. The van der Waals surface area contributed by atoms with Crippen LogP contribution in [0, 0.1) is 0 Å². The normalized spacial score (nSPS) is 10.4. The van der Waals surface area contributed by atoms with Crippen molar-refractivity contribution in [1.29, 1.82) is 0 Å². The minimum Gasteiger partial charge on any atom is -0.497 e. The second-order valence-electron chi connectivity index (χ2n) is 4.48. The Morgan fingerprint density at radius 1 is 1.09 bits per heavy atom. The van der Waals surface area contributed by atoms with Crippen molar-refractivity contribution in [3.8, 4) is 11.5 Å². The predicted molar refractivity (Wildman–Crippen MR) is 87.2 cm³/mol. The molecule has 22 heavy (non-hydrogen) atoms. The topological polar surface area (TPSA) is 95.2 Å². The molecule has 4 N–H and O–H groups in total. The molecule has 2 aromatic rings. The van der Waals surface area contributed by atoms with Crippen molar-refractivity contribution < 1.29 is 9.47 Å². The van der Waals surface area contributed by atoms with Crippen molar-refractivity contribution in [2.24, 2.45) is 21.7 Å². The number of hydrogen-bond acceptors (Lipinski definition) is 4. The number of ether oxygens (including phenoxy) is 2. The van der Waals surface area contributed by atoms with Crippen molar-refractivity contribution in [2.75, 3.05) is 7.11 Å². The van der Waals surface area contributed by atoms with Crippen molar-refractivity contribution in [3.05, 3.63) is 59.7 Å². The SMILES string of the molecule is COc1cccc(COc2cccc(C=NN=C(N)N)c2)c1. The molecule has 0 amide bonds. The third-order valence-corrected chi connectivity index (χ3v) is 2.78. The molecule has 0 fully saturated rings. The largest absolute Gasteiger partial charge is 0.497 e. The van der Waals surface area contributed by atoms with Crippen LogP contribution in [0.15, 0.2) is 58.7 Å². The van der Waals surface area contributed by atoms with Crippen LogP contribution in [0.4, 0.5) is 0 Å². The molecule has 0 aliphatic heterocycles. The van der Waals surface area contributed by atoms with E-state index in [9.17, 15) is 0 Å². The molecule has 0 saturated carbocycles. The van der Waals surface area contributed by atoms with E-state index in [4.69, 9.17) is 20.9 Å². The van der Waals surface area contributed by atoms with Gasteiger partial charge in [0, 0.05) is 0 Å². The van der Waals surface area contributed by atoms with Crippen LogP contribution in [-0.2, 0) is 6.61 Å². The van der Waals surface area contributed by atoms with E-state index in [1.54, 1.807) is 13.3 Å². The number of nitrogens with zero attached hydrogens (tertiary/aromatic N) is 2. The van der Waals surface area contributed by atoms with Gasteiger partial charge < -0.3 is 20.9 Å². The molecular formula is C16H18N4O2. The van der Waals surface area contributed by atoms with Crippen molar-refractivity contribution in [2.45, 2.75) is 6.61 Å². The molecular weight excluding hydrogens is 280 g/mol. The van der Waals surface area contributed by atoms with Gasteiger partial charge in [-0.25, -0.2) is 0 Å². The Morgan fingerprint density at radius 3 is 2.64 bits per heavy atom. The maximum atomic E-state index is 5.76. The number of benzene rings is 2. The summed E-state index contributed by atoms with van der Waals surface area (Å²) in [6.07, 6.45) is 1.55. The Labute approximate surface area is 129 Å². The Hall–Kier alpha value is -3.02. The molecule has 0 aliphatic carbocycles. The Morgan fingerprint density at radius 2 is 1.86 bits per heavy atom. The van der Waals surface area contributed by atoms with Gasteiger partial charge in [0.05, 0.1) is 13.3 Å².